The van der Waals surface area contributed by atoms with Gasteiger partial charge >= 0.3 is 0 Å². The molecular weight excluding hydrogens is 286 g/mol. The fourth-order valence-corrected chi connectivity index (χ4v) is 2.28. The Balaban J connectivity index is 1.43. The van der Waals surface area contributed by atoms with Gasteiger partial charge in [0.1, 0.15) is 12.4 Å². The summed E-state index contributed by atoms with van der Waals surface area (Å²) in [4.78, 5) is 4.35. The number of hydrogen-bond acceptors (Lipinski definition) is 2. The van der Waals surface area contributed by atoms with Crippen molar-refractivity contribution < 1.29 is 4.74 Å². The zero-order valence-corrected chi connectivity index (χ0v) is 13.2. The maximum absolute atomic E-state index is 5.82. The van der Waals surface area contributed by atoms with Crippen LogP contribution in [-0.4, -0.2) is 18.5 Å². The molecule has 120 valence electrons. The summed E-state index contributed by atoms with van der Waals surface area (Å²) in [6.07, 6.45) is 3.30. The van der Waals surface area contributed by atoms with Crippen LogP contribution in [0.25, 0.3) is 0 Å². The van der Waals surface area contributed by atoms with Crippen LogP contribution in [0.5, 0.6) is 5.75 Å². The molecule has 2 aromatic rings. The number of aliphatic imine (C=N–C) groups is 1. The Bertz CT molecular complexity index is 633. The van der Waals surface area contributed by atoms with Gasteiger partial charge in [0, 0.05) is 12.6 Å². The molecule has 1 aliphatic carbocycles. The number of rotatable bonds is 7. The van der Waals surface area contributed by atoms with E-state index in [0.717, 1.165) is 12.2 Å². The highest BCUT2D eigenvalue weighted by molar-refractivity contribution is 5.78. The van der Waals surface area contributed by atoms with Gasteiger partial charge in [-0.3, -0.25) is 4.99 Å². The van der Waals surface area contributed by atoms with Gasteiger partial charge < -0.3 is 15.8 Å². The zero-order chi connectivity index (χ0) is 15.9. The molecule has 0 aromatic heterocycles. The molecule has 3 N–H and O–H groups in total. The molecule has 0 radical (unpaired) electrons. The van der Waals surface area contributed by atoms with Crippen molar-refractivity contribution in [3.05, 3.63) is 65.7 Å². The highest BCUT2D eigenvalue weighted by atomic mass is 16.5. The molecule has 0 heterocycles. The molecule has 2 aromatic carbocycles. The first-order valence-electron chi connectivity index (χ1n) is 8.12. The van der Waals surface area contributed by atoms with Crippen LogP contribution in [0.4, 0.5) is 0 Å². The number of hydrogen-bond donors (Lipinski definition) is 2. The van der Waals surface area contributed by atoms with E-state index in [0.29, 0.717) is 25.2 Å². The highest BCUT2D eigenvalue weighted by Crippen LogP contribution is 2.18. The third-order valence-corrected chi connectivity index (χ3v) is 3.78. The fraction of sp³-hybridized carbons (Fsp3) is 0.316. The summed E-state index contributed by atoms with van der Waals surface area (Å²) in [6.45, 7) is 1.30. The van der Waals surface area contributed by atoms with E-state index in [1.807, 2.05) is 30.3 Å². The lowest BCUT2D eigenvalue weighted by Gasteiger charge is -2.07. The summed E-state index contributed by atoms with van der Waals surface area (Å²) in [5, 5.41) is 3.19. The number of nitrogens with one attached hydrogen (secondary N) is 1. The van der Waals surface area contributed by atoms with Crippen molar-refractivity contribution in [2.24, 2.45) is 10.7 Å². The Morgan fingerprint density at radius 3 is 2.48 bits per heavy atom. The summed E-state index contributed by atoms with van der Waals surface area (Å²) in [7, 11) is 0. The monoisotopic (exact) mass is 309 g/mol. The summed E-state index contributed by atoms with van der Waals surface area (Å²) in [5.41, 5.74) is 8.22. The minimum Gasteiger partial charge on any atom is -0.489 e. The van der Waals surface area contributed by atoms with Crippen molar-refractivity contribution in [2.75, 3.05) is 6.54 Å². The van der Waals surface area contributed by atoms with Crippen LogP contribution in [-0.2, 0) is 13.0 Å². The molecule has 0 spiro atoms. The second-order valence-corrected chi connectivity index (χ2v) is 5.85. The summed E-state index contributed by atoms with van der Waals surface area (Å²) < 4.78 is 5.78. The molecule has 0 unspecified atom stereocenters. The molecular formula is C19H23N3O. The predicted octanol–water partition coefficient (Wildman–Crippen LogP) is 2.87. The van der Waals surface area contributed by atoms with Crippen LogP contribution in [0.15, 0.2) is 59.6 Å². The van der Waals surface area contributed by atoms with E-state index < -0.39 is 0 Å². The highest BCUT2D eigenvalue weighted by Gasteiger charge is 2.21. The van der Waals surface area contributed by atoms with Gasteiger partial charge in [-0.15, -0.1) is 0 Å². The van der Waals surface area contributed by atoms with E-state index in [2.05, 4.69) is 34.6 Å². The van der Waals surface area contributed by atoms with Gasteiger partial charge in [-0.1, -0.05) is 42.5 Å². The van der Waals surface area contributed by atoms with E-state index in [1.165, 1.54) is 24.0 Å². The van der Waals surface area contributed by atoms with Gasteiger partial charge in [-0.05, 0) is 42.5 Å². The molecule has 0 saturated heterocycles. The van der Waals surface area contributed by atoms with Crippen LogP contribution in [0.1, 0.15) is 24.0 Å². The summed E-state index contributed by atoms with van der Waals surface area (Å²) in [5.74, 6) is 1.45. The second-order valence-electron chi connectivity index (χ2n) is 5.85. The lowest BCUT2D eigenvalue weighted by atomic mass is 10.1. The molecule has 0 atom stereocenters. The van der Waals surface area contributed by atoms with Crippen LogP contribution >= 0.6 is 0 Å². The van der Waals surface area contributed by atoms with Crippen LogP contribution in [0, 0.1) is 0 Å². The summed E-state index contributed by atoms with van der Waals surface area (Å²) in [6, 6.07) is 18.9. The number of benzene rings is 2. The Kier molecular flexibility index (Phi) is 5.14. The van der Waals surface area contributed by atoms with Gasteiger partial charge in [-0.25, -0.2) is 0 Å². The number of guanidine groups is 1. The number of nitrogens with zero attached hydrogens (tertiary/aromatic N) is 1. The Morgan fingerprint density at radius 2 is 1.78 bits per heavy atom. The second kappa shape index (κ2) is 7.68. The lowest BCUT2D eigenvalue weighted by Crippen LogP contribution is -2.33. The molecule has 23 heavy (non-hydrogen) atoms. The van der Waals surface area contributed by atoms with Crippen molar-refractivity contribution >= 4 is 5.96 Å². The van der Waals surface area contributed by atoms with Crippen LogP contribution in [0.3, 0.4) is 0 Å². The van der Waals surface area contributed by atoms with Gasteiger partial charge in [0.2, 0.25) is 0 Å². The molecule has 0 amide bonds. The molecule has 4 heteroatoms. The molecule has 1 fully saturated rings. The van der Waals surface area contributed by atoms with Crippen LogP contribution in [0.2, 0.25) is 0 Å². The van der Waals surface area contributed by atoms with Crippen molar-refractivity contribution in [1.82, 2.24) is 5.32 Å². The predicted molar refractivity (Wildman–Crippen MR) is 93.6 cm³/mol. The minimum atomic E-state index is 0.555. The molecule has 3 rings (SSSR count). The topological polar surface area (TPSA) is 59.6 Å². The fourth-order valence-electron chi connectivity index (χ4n) is 2.28. The first-order chi connectivity index (χ1) is 11.3. The van der Waals surface area contributed by atoms with E-state index in [1.54, 1.807) is 0 Å². The van der Waals surface area contributed by atoms with E-state index in [9.17, 15) is 0 Å². The summed E-state index contributed by atoms with van der Waals surface area (Å²) >= 11 is 0. The SMILES string of the molecule is NC(=NCCc1ccc(OCc2ccccc2)cc1)NC1CC1. The molecule has 0 aliphatic heterocycles. The van der Waals surface area contributed by atoms with Crippen molar-refractivity contribution in [3.8, 4) is 5.75 Å². The largest absolute Gasteiger partial charge is 0.489 e. The number of ether oxygens (including phenoxy) is 1. The van der Waals surface area contributed by atoms with Crippen molar-refractivity contribution in [2.45, 2.75) is 31.9 Å². The van der Waals surface area contributed by atoms with E-state index in [4.69, 9.17) is 10.5 Å². The van der Waals surface area contributed by atoms with Crippen molar-refractivity contribution in [3.63, 3.8) is 0 Å². The molecule has 1 aliphatic rings. The van der Waals surface area contributed by atoms with Gasteiger partial charge in [0.05, 0.1) is 0 Å². The Morgan fingerprint density at radius 1 is 1.04 bits per heavy atom. The molecule has 0 bridgehead atoms. The quantitative estimate of drug-likeness (QED) is 0.611. The maximum Gasteiger partial charge on any atom is 0.188 e. The van der Waals surface area contributed by atoms with Gasteiger partial charge in [0.15, 0.2) is 5.96 Å². The normalized spacial score (nSPS) is 14.5. The minimum absolute atomic E-state index is 0.555. The lowest BCUT2D eigenvalue weighted by molar-refractivity contribution is 0.306. The van der Waals surface area contributed by atoms with Crippen molar-refractivity contribution in [1.29, 1.82) is 0 Å². The molecule has 1 saturated carbocycles. The standard InChI is InChI=1S/C19H23N3O/c20-19(22-17-8-9-17)21-13-12-15-6-10-18(11-7-15)23-14-16-4-2-1-3-5-16/h1-7,10-11,17H,8-9,12-14H2,(H3,20,21,22). The first kappa shape index (κ1) is 15.4. The Labute approximate surface area is 137 Å². The van der Waals surface area contributed by atoms with Gasteiger partial charge in [-0.2, -0.15) is 0 Å². The van der Waals surface area contributed by atoms with Gasteiger partial charge in [0.25, 0.3) is 0 Å². The number of nitrogens with two attached hydrogens (primary N) is 1. The third-order valence-electron chi connectivity index (χ3n) is 3.78. The molecule has 4 nitrogen and oxygen atoms in total. The first-order valence-corrected chi connectivity index (χ1v) is 8.12. The average molecular weight is 309 g/mol. The third kappa shape index (κ3) is 5.33. The maximum atomic E-state index is 5.82. The van der Waals surface area contributed by atoms with Crippen LogP contribution < -0.4 is 15.8 Å². The smallest absolute Gasteiger partial charge is 0.188 e. The Hall–Kier alpha value is -2.49. The zero-order valence-electron chi connectivity index (χ0n) is 13.2. The van der Waals surface area contributed by atoms with E-state index >= 15 is 0 Å². The average Bonchev–Trinajstić information content (AvgIpc) is 3.39. The van der Waals surface area contributed by atoms with E-state index in [-0.39, 0.29) is 0 Å².